The first-order valence-corrected chi connectivity index (χ1v) is 10.9. The van der Waals surface area contributed by atoms with Crippen molar-refractivity contribution in [2.75, 3.05) is 7.11 Å². The van der Waals surface area contributed by atoms with Gasteiger partial charge in [-0.25, -0.2) is 9.18 Å². The van der Waals surface area contributed by atoms with Crippen molar-refractivity contribution in [3.8, 4) is 5.75 Å². The Morgan fingerprint density at radius 2 is 1.60 bits per heavy atom. The van der Waals surface area contributed by atoms with Crippen LogP contribution < -0.4 is 4.74 Å². The monoisotopic (exact) mass is 471 g/mol. The number of halogens is 1. The van der Waals surface area contributed by atoms with E-state index in [4.69, 9.17) is 9.47 Å². The zero-order chi connectivity index (χ0) is 24.9. The summed E-state index contributed by atoms with van der Waals surface area (Å²) in [7, 11) is 1.22. The van der Waals surface area contributed by atoms with E-state index in [0.717, 1.165) is 16.7 Å². The van der Waals surface area contributed by atoms with Gasteiger partial charge in [0.05, 0.1) is 7.11 Å². The SMILES string of the molecule is COC(=O)c1cc(C(=O)C(C)=O)c2cc(Cc3ccc(F)cc3)cnc2c1OCc1ccccc1. The molecule has 0 saturated carbocycles. The molecule has 6 nitrogen and oxygen atoms in total. The minimum absolute atomic E-state index is 0.000634. The van der Waals surface area contributed by atoms with Crippen molar-refractivity contribution in [3.05, 3.63) is 107 Å². The average Bonchev–Trinajstić information content (AvgIpc) is 2.88. The highest BCUT2D eigenvalue weighted by atomic mass is 19.1. The second-order valence-electron chi connectivity index (χ2n) is 7.99. The molecule has 35 heavy (non-hydrogen) atoms. The zero-order valence-corrected chi connectivity index (χ0v) is 19.2. The molecule has 4 rings (SSSR count). The van der Waals surface area contributed by atoms with Gasteiger partial charge >= 0.3 is 5.97 Å². The molecule has 4 aromatic rings. The van der Waals surface area contributed by atoms with Gasteiger partial charge in [0.25, 0.3) is 0 Å². The summed E-state index contributed by atoms with van der Waals surface area (Å²) in [5, 5.41) is 0.375. The molecule has 0 aliphatic heterocycles. The molecule has 0 fully saturated rings. The summed E-state index contributed by atoms with van der Waals surface area (Å²) in [6, 6.07) is 18.5. The number of methoxy groups -OCH3 is 1. The molecule has 0 N–H and O–H groups in total. The Labute approximate surface area is 201 Å². The van der Waals surface area contributed by atoms with Crippen LogP contribution in [0.25, 0.3) is 10.9 Å². The van der Waals surface area contributed by atoms with E-state index in [9.17, 15) is 18.8 Å². The number of ether oxygens (including phenoxy) is 2. The molecule has 0 unspecified atom stereocenters. The van der Waals surface area contributed by atoms with Crippen LogP contribution in [-0.2, 0) is 22.6 Å². The summed E-state index contributed by atoms with van der Waals surface area (Å²) < 4.78 is 24.2. The number of benzene rings is 3. The predicted octanol–water partition coefficient (Wildman–Crippen LogP) is 5.10. The lowest BCUT2D eigenvalue weighted by atomic mass is 9.96. The van der Waals surface area contributed by atoms with E-state index >= 15 is 0 Å². The maximum Gasteiger partial charge on any atom is 0.341 e. The van der Waals surface area contributed by atoms with Crippen LogP contribution in [0.5, 0.6) is 5.75 Å². The highest BCUT2D eigenvalue weighted by Gasteiger charge is 2.25. The van der Waals surface area contributed by atoms with E-state index in [1.807, 2.05) is 30.3 Å². The number of esters is 1. The van der Waals surface area contributed by atoms with E-state index < -0.39 is 17.5 Å². The molecular formula is C28H22FNO5. The minimum atomic E-state index is -0.754. The van der Waals surface area contributed by atoms with Crippen LogP contribution in [0.2, 0.25) is 0 Å². The number of fused-ring (bicyclic) bond motifs is 1. The number of carbonyl (C=O) groups excluding carboxylic acids is 3. The van der Waals surface area contributed by atoms with Crippen molar-refractivity contribution in [2.24, 2.45) is 0 Å². The van der Waals surface area contributed by atoms with Gasteiger partial charge in [-0.15, -0.1) is 0 Å². The van der Waals surface area contributed by atoms with Crippen molar-refractivity contribution >= 4 is 28.4 Å². The molecule has 0 amide bonds. The van der Waals surface area contributed by atoms with Gasteiger partial charge in [0, 0.05) is 24.1 Å². The number of hydrogen-bond acceptors (Lipinski definition) is 6. The fraction of sp³-hybridized carbons (Fsp3) is 0.143. The van der Waals surface area contributed by atoms with Crippen molar-refractivity contribution < 1.29 is 28.2 Å². The van der Waals surface area contributed by atoms with Crippen LogP contribution in [-0.4, -0.2) is 29.6 Å². The Balaban J connectivity index is 1.87. The number of pyridine rings is 1. The third-order valence-corrected chi connectivity index (χ3v) is 5.50. The van der Waals surface area contributed by atoms with Crippen molar-refractivity contribution in [2.45, 2.75) is 20.0 Å². The summed E-state index contributed by atoms with van der Waals surface area (Å²) in [5.74, 6) is -2.33. The van der Waals surface area contributed by atoms with Gasteiger partial charge in [0.2, 0.25) is 5.78 Å². The fourth-order valence-electron chi connectivity index (χ4n) is 3.76. The highest BCUT2D eigenvalue weighted by Crippen LogP contribution is 2.34. The molecule has 0 saturated heterocycles. The molecule has 0 bridgehead atoms. The van der Waals surface area contributed by atoms with Crippen molar-refractivity contribution in [3.63, 3.8) is 0 Å². The van der Waals surface area contributed by atoms with E-state index in [0.29, 0.717) is 11.8 Å². The molecule has 0 atom stereocenters. The normalized spacial score (nSPS) is 10.7. The van der Waals surface area contributed by atoms with Gasteiger partial charge < -0.3 is 9.47 Å². The number of Topliss-reactive ketones (excluding diaryl/α,β-unsaturated/α-hetero) is 2. The summed E-state index contributed by atoms with van der Waals surface area (Å²) in [6.45, 7) is 1.32. The third-order valence-electron chi connectivity index (χ3n) is 5.50. The average molecular weight is 471 g/mol. The lowest BCUT2D eigenvalue weighted by Gasteiger charge is -2.16. The molecule has 1 heterocycles. The van der Waals surface area contributed by atoms with Crippen LogP contribution in [0.15, 0.2) is 72.9 Å². The summed E-state index contributed by atoms with van der Waals surface area (Å²) >= 11 is 0. The standard InChI is InChI=1S/C28H22FNO5/c1-17(31)26(32)23-14-24(28(33)34-2)27(35-16-19-6-4-3-5-7-19)25-22(23)13-20(15-30-25)12-18-8-10-21(29)11-9-18/h3-11,13-15H,12,16H2,1-2H3. The Hall–Kier alpha value is -4.39. The topological polar surface area (TPSA) is 82.6 Å². The first-order valence-electron chi connectivity index (χ1n) is 10.9. The zero-order valence-electron chi connectivity index (χ0n) is 19.2. The van der Waals surface area contributed by atoms with Crippen LogP contribution in [0.3, 0.4) is 0 Å². The molecule has 3 aromatic carbocycles. The Kier molecular flexibility index (Phi) is 6.96. The Bertz CT molecular complexity index is 1420. The maximum atomic E-state index is 13.3. The second kappa shape index (κ2) is 10.3. The molecule has 0 spiro atoms. The summed E-state index contributed by atoms with van der Waals surface area (Å²) in [5.41, 5.74) is 2.75. The van der Waals surface area contributed by atoms with Gasteiger partial charge in [0.1, 0.15) is 23.5 Å². The number of hydrogen-bond donors (Lipinski definition) is 0. The molecule has 7 heteroatoms. The molecule has 1 aromatic heterocycles. The number of aromatic nitrogens is 1. The molecule has 0 aliphatic carbocycles. The molecular weight excluding hydrogens is 449 g/mol. The number of ketones is 2. The molecule has 176 valence electrons. The van der Waals surface area contributed by atoms with Crippen molar-refractivity contribution in [1.29, 1.82) is 0 Å². The van der Waals surface area contributed by atoms with Gasteiger partial charge in [0.15, 0.2) is 11.5 Å². The lowest BCUT2D eigenvalue weighted by Crippen LogP contribution is -2.14. The highest BCUT2D eigenvalue weighted by molar-refractivity contribution is 6.45. The smallest absolute Gasteiger partial charge is 0.341 e. The predicted molar refractivity (Wildman–Crippen MR) is 128 cm³/mol. The van der Waals surface area contributed by atoms with Gasteiger partial charge in [-0.2, -0.15) is 0 Å². The third kappa shape index (κ3) is 5.24. The van der Waals surface area contributed by atoms with E-state index in [1.54, 1.807) is 24.4 Å². The Morgan fingerprint density at radius 3 is 2.26 bits per heavy atom. The van der Waals surface area contributed by atoms with Crippen LogP contribution in [0.1, 0.15) is 44.3 Å². The Morgan fingerprint density at radius 1 is 0.886 bits per heavy atom. The number of rotatable bonds is 8. The summed E-state index contributed by atoms with van der Waals surface area (Å²) in [4.78, 5) is 41.9. The second-order valence-corrected chi connectivity index (χ2v) is 7.99. The maximum absolute atomic E-state index is 13.3. The molecule has 0 radical (unpaired) electrons. The van der Waals surface area contributed by atoms with Crippen LogP contribution in [0, 0.1) is 5.82 Å². The van der Waals surface area contributed by atoms with Gasteiger partial charge in [-0.3, -0.25) is 14.6 Å². The van der Waals surface area contributed by atoms with Gasteiger partial charge in [-0.1, -0.05) is 42.5 Å². The minimum Gasteiger partial charge on any atom is -0.486 e. The van der Waals surface area contributed by atoms with Crippen molar-refractivity contribution in [1.82, 2.24) is 4.98 Å². The lowest BCUT2D eigenvalue weighted by molar-refractivity contribution is -0.113. The molecule has 0 aliphatic rings. The van der Waals surface area contributed by atoms with E-state index in [2.05, 4.69) is 4.98 Å². The van der Waals surface area contributed by atoms with E-state index in [1.165, 1.54) is 32.2 Å². The van der Waals surface area contributed by atoms with E-state index in [-0.39, 0.29) is 34.8 Å². The number of nitrogens with zero attached hydrogens (tertiary/aromatic N) is 1. The quantitative estimate of drug-likeness (QED) is 0.202. The van der Waals surface area contributed by atoms with Gasteiger partial charge in [-0.05, 0) is 47.4 Å². The van der Waals surface area contributed by atoms with Crippen LogP contribution >= 0.6 is 0 Å². The number of carbonyl (C=O) groups is 3. The fourth-order valence-corrected chi connectivity index (χ4v) is 3.76. The first-order chi connectivity index (χ1) is 16.9. The van der Waals surface area contributed by atoms with Crippen LogP contribution in [0.4, 0.5) is 4.39 Å². The first kappa shape index (κ1) is 23.8. The largest absolute Gasteiger partial charge is 0.486 e. The summed E-state index contributed by atoms with van der Waals surface area (Å²) in [6.07, 6.45) is 2.03.